The summed E-state index contributed by atoms with van der Waals surface area (Å²) in [4.78, 5) is 75.7. The fraction of sp³-hybridized carbons (Fsp3) is 0.551. The van der Waals surface area contributed by atoms with Gasteiger partial charge in [0.05, 0.1) is 38.5 Å². The molecule has 2 fully saturated rings. The Morgan fingerprint density at radius 1 is 0.700 bits per heavy atom. The lowest BCUT2D eigenvalue weighted by molar-refractivity contribution is -0.123. The van der Waals surface area contributed by atoms with Crippen LogP contribution in [0.3, 0.4) is 0 Å². The second kappa shape index (κ2) is 32.8. The lowest BCUT2D eigenvalue weighted by atomic mass is 10.0. The van der Waals surface area contributed by atoms with E-state index in [1.807, 2.05) is 49.1 Å². The lowest BCUT2D eigenvalue weighted by Gasteiger charge is -2.16. The van der Waals surface area contributed by atoms with Crippen LogP contribution in [-0.4, -0.2) is 152 Å². The van der Waals surface area contributed by atoms with Crippen LogP contribution in [0.5, 0.6) is 0 Å². The molecule has 2 aliphatic heterocycles. The average Bonchev–Trinajstić information content (AvgIpc) is 3.90. The largest absolute Gasteiger partial charge is 0.379 e. The normalized spacial score (nSPS) is 16.1. The van der Waals surface area contributed by atoms with Crippen LogP contribution in [0.25, 0.3) is 0 Å². The van der Waals surface area contributed by atoms with Crippen LogP contribution < -0.4 is 42.5 Å². The third kappa shape index (κ3) is 23.2. The number of para-hydroxylation sites is 1. The van der Waals surface area contributed by atoms with E-state index in [-0.39, 0.29) is 48.2 Å². The third-order valence-corrected chi connectivity index (χ3v) is 12.7. The minimum Gasteiger partial charge on any atom is -0.379 e. The van der Waals surface area contributed by atoms with Gasteiger partial charge in [-0.3, -0.25) is 19.2 Å². The van der Waals surface area contributed by atoms with E-state index in [1.54, 1.807) is 30.3 Å². The standard InChI is InChI=1S/C49H72N12O8S/c1-61(27-11-22-47(65)59-41-18-9-17-40(57-41)58-43-34-42(53-36-54-43)55-37-14-3-2-4-15-37)26-8-7-23-50-45(63)20-10-21-46(64)52-25-13-29-68-31-33-69-32-30-67-28-12-24-51-44(62)19-6-5-16-39-48-38(35-70-39)56-49(66)60-48/h2-4,9,11,14-15,17-18,22,34,36,38-39,48H,5-8,10,12-13,16,19-21,23-33,35H2,1H3,(H,50,63)(H,51,62)(H,52,64)(H2,56,60,66)(H3,53,54,55,57,58,59,65)/b22-11+/t38-,39-,48-/m0/s1. The Hall–Kier alpha value is -5.87. The van der Waals surface area contributed by atoms with Gasteiger partial charge in [-0.1, -0.05) is 36.8 Å². The minimum absolute atomic E-state index is 0.0634. The number of carbonyl (C=O) groups excluding carboxylic acids is 5. The van der Waals surface area contributed by atoms with Gasteiger partial charge < -0.3 is 61.6 Å². The molecule has 20 nitrogen and oxygen atoms in total. The summed E-state index contributed by atoms with van der Waals surface area (Å²) in [7, 11) is 1.97. The lowest BCUT2D eigenvalue weighted by Crippen LogP contribution is -2.36. The molecule has 0 radical (unpaired) electrons. The second-order valence-electron chi connectivity index (χ2n) is 17.0. The van der Waals surface area contributed by atoms with Gasteiger partial charge in [-0.15, -0.1) is 0 Å². The van der Waals surface area contributed by atoms with Gasteiger partial charge in [0.2, 0.25) is 23.6 Å². The highest BCUT2D eigenvalue weighted by atomic mass is 32.2. The Balaban J connectivity index is 0.743. The van der Waals surface area contributed by atoms with Crippen LogP contribution in [0.15, 0.2) is 73.1 Å². The van der Waals surface area contributed by atoms with Crippen LogP contribution >= 0.6 is 11.8 Å². The number of pyridine rings is 1. The molecule has 382 valence electrons. The van der Waals surface area contributed by atoms with E-state index in [4.69, 9.17) is 14.2 Å². The first-order valence-electron chi connectivity index (χ1n) is 24.5. The Morgan fingerprint density at radius 3 is 2.03 bits per heavy atom. The summed E-state index contributed by atoms with van der Waals surface area (Å²) >= 11 is 1.90. The molecule has 3 atom stereocenters. The maximum absolute atomic E-state index is 12.6. The SMILES string of the molecule is CN(C/C=C/C(=O)Nc1cccc(Nc2cc(Nc3ccccc3)ncn2)n1)CCCCNC(=O)CCCC(=O)NCCCOCCOCCOCCCNC(=O)CCCC[C@@H]1SC[C@@H]2NC(=O)N[C@@H]21. The molecule has 2 aliphatic rings. The number of hydrogen-bond acceptors (Lipinski definition) is 15. The van der Waals surface area contributed by atoms with Crippen LogP contribution in [0.2, 0.25) is 0 Å². The van der Waals surface area contributed by atoms with Crippen LogP contribution in [0.1, 0.15) is 70.6 Å². The van der Waals surface area contributed by atoms with Gasteiger partial charge in [-0.25, -0.2) is 19.7 Å². The molecule has 21 heteroatoms. The predicted molar refractivity (Wildman–Crippen MR) is 272 cm³/mol. The summed E-state index contributed by atoms with van der Waals surface area (Å²) < 4.78 is 16.7. The number of unbranched alkanes of at least 4 members (excludes halogenated alkanes) is 2. The van der Waals surface area contributed by atoms with E-state index in [1.165, 1.54) is 12.4 Å². The number of hydrogen-bond donors (Lipinski definition) is 8. The molecule has 0 unspecified atom stereocenters. The average molecular weight is 989 g/mol. The molecule has 70 heavy (non-hydrogen) atoms. The highest BCUT2D eigenvalue weighted by Crippen LogP contribution is 2.33. The van der Waals surface area contributed by atoms with Crippen molar-refractivity contribution in [3.05, 3.63) is 73.1 Å². The highest BCUT2D eigenvalue weighted by Gasteiger charge is 2.42. The fourth-order valence-electron chi connectivity index (χ4n) is 7.50. The molecule has 0 aliphatic carbocycles. The van der Waals surface area contributed by atoms with E-state index in [2.05, 4.69) is 62.4 Å². The molecular weight excluding hydrogens is 917 g/mol. The maximum Gasteiger partial charge on any atom is 0.315 e. The zero-order chi connectivity index (χ0) is 49.4. The summed E-state index contributed by atoms with van der Waals surface area (Å²) in [6.07, 6.45) is 12.2. The van der Waals surface area contributed by atoms with Crippen molar-refractivity contribution in [2.45, 2.75) is 88.0 Å². The fourth-order valence-corrected chi connectivity index (χ4v) is 9.04. The zero-order valence-corrected chi connectivity index (χ0v) is 41.2. The number of likely N-dealkylation sites (N-methyl/N-ethyl adjacent to an activating group) is 1. The number of nitrogens with zero attached hydrogens (tertiary/aromatic N) is 4. The molecule has 3 aromatic rings. The molecule has 1 aromatic carbocycles. The number of ether oxygens (including phenoxy) is 3. The number of fused-ring (bicyclic) bond motifs is 1. The smallest absolute Gasteiger partial charge is 0.315 e. The Morgan fingerprint density at radius 2 is 1.33 bits per heavy atom. The maximum atomic E-state index is 12.6. The van der Waals surface area contributed by atoms with Crippen LogP contribution in [-0.2, 0) is 33.4 Å². The molecule has 0 spiro atoms. The zero-order valence-electron chi connectivity index (χ0n) is 40.4. The Kier molecular flexibility index (Phi) is 25.8. The van der Waals surface area contributed by atoms with E-state index in [0.29, 0.717) is 120 Å². The van der Waals surface area contributed by atoms with E-state index < -0.39 is 0 Å². The van der Waals surface area contributed by atoms with Crippen molar-refractivity contribution in [1.82, 2.24) is 46.4 Å². The molecule has 5 rings (SSSR count). The summed E-state index contributed by atoms with van der Waals surface area (Å²) in [6.45, 7) is 5.93. The van der Waals surface area contributed by atoms with Crippen molar-refractivity contribution in [2.75, 3.05) is 101 Å². The number of rotatable bonds is 36. The quantitative estimate of drug-likeness (QED) is 0.0225. The van der Waals surface area contributed by atoms with E-state index in [9.17, 15) is 24.0 Å². The monoisotopic (exact) mass is 989 g/mol. The number of nitrogens with one attached hydrogen (secondary N) is 8. The van der Waals surface area contributed by atoms with Crippen molar-refractivity contribution >= 4 is 70.4 Å². The summed E-state index contributed by atoms with van der Waals surface area (Å²) in [5.41, 5.74) is 0.906. The van der Waals surface area contributed by atoms with Crippen molar-refractivity contribution in [2.24, 2.45) is 0 Å². The first-order chi connectivity index (χ1) is 34.2. The number of urea groups is 1. The predicted octanol–water partition coefficient (Wildman–Crippen LogP) is 4.64. The van der Waals surface area contributed by atoms with E-state index >= 15 is 0 Å². The van der Waals surface area contributed by atoms with Crippen LogP contribution in [0.4, 0.5) is 33.8 Å². The van der Waals surface area contributed by atoms with Gasteiger partial charge in [0, 0.05) is 87.5 Å². The highest BCUT2D eigenvalue weighted by molar-refractivity contribution is 8.00. The van der Waals surface area contributed by atoms with Crippen molar-refractivity contribution < 1.29 is 38.2 Å². The topological polar surface area (TPSA) is 251 Å². The number of anilines is 5. The first kappa shape index (κ1) is 55.1. The summed E-state index contributed by atoms with van der Waals surface area (Å²) in [6, 6.07) is 17.1. The van der Waals surface area contributed by atoms with Gasteiger partial charge in [0.25, 0.3) is 0 Å². The van der Waals surface area contributed by atoms with Crippen molar-refractivity contribution in [3.8, 4) is 0 Å². The first-order valence-corrected chi connectivity index (χ1v) is 25.5. The van der Waals surface area contributed by atoms with Gasteiger partial charge in [0.1, 0.15) is 29.6 Å². The molecular formula is C49H72N12O8S. The molecule has 6 amide bonds. The Labute approximate surface area is 415 Å². The number of thioether (sulfide) groups is 1. The Bertz CT molecular complexity index is 2070. The summed E-state index contributed by atoms with van der Waals surface area (Å²) in [5, 5.41) is 24.3. The third-order valence-electron chi connectivity index (χ3n) is 11.2. The van der Waals surface area contributed by atoms with Gasteiger partial charge in [-0.05, 0) is 82.8 Å². The summed E-state index contributed by atoms with van der Waals surface area (Å²) in [5.74, 6) is 2.67. The molecule has 0 saturated carbocycles. The van der Waals surface area contributed by atoms with Gasteiger partial charge >= 0.3 is 6.03 Å². The van der Waals surface area contributed by atoms with E-state index in [0.717, 1.165) is 56.5 Å². The number of benzene rings is 1. The van der Waals surface area contributed by atoms with Crippen LogP contribution in [0, 0.1) is 0 Å². The number of carbonyl (C=O) groups is 5. The molecule has 2 saturated heterocycles. The van der Waals surface area contributed by atoms with Gasteiger partial charge in [0.15, 0.2) is 0 Å². The van der Waals surface area contributed by atoms with Crippen molar-refractivity contribution in [3.63, 3.8) is 0 Å². The number of aromatic nitrogens is 3. The molecule has 0 bridgehead atoms. The molecule has 8 N–H and O–H groups in total. The van der Waals surface area contributed by atoms with Crippen molar-refractivity contribution in [1.29, 1.82) is 0 Å². The second-order valence-corrected chi connectivity index (χ2v) is 18.3. The number of amides is 6. The minimum atomic E-state index is -0.290. The van der Waals surface area contributed by atoms with Gasteiger partial charge in [-0.2, -0.15) is 11.8 Å². The molecule has 2 aromatic heterocycles. The molecule has 4 heterocycles.